The highest BCUT2D eigenvalue weighted by Crippen LogP contribution is 2.20. The Bertz CT molecular complexity index is 574. The summed E-state index contributed by atoms with van der Waals surface area (Å²) in [5.41, 5.74) is 0.286. The van der Waals surface area contributed by atoms with E-state index in [0.29, 0.717) is 15.4 Å². The second-order valence-electron chi connectivity index (χ2n) is 3.09. The molecule has 0 aliphatic heterocycles. The smallest absolute Gasteiger partial charge is 0.260 e. The van der Waals surface area contributed by atoms with Gasteiger partial charge in [0.1, 0.15) is 11.0 Å². The number of halogens is 2. The van der Waals surface area contributed by atoms with Crippen molar-refractivity contribution in [3.63, 3.8) is 0 Å². The lowest BCUT2D eigenvalue weighted by Crippen LogP contribution is -2.12. The van der Waals surface area contributed by atoms with Gasteiger partial charge in [-0.3, -0.25) is 10.1 Å². The third-order valence-corrected chi connectivity index (χ3v) is 3.26. The molecule has 5 nitrogen and oxygen atoms in total. The average molecular weight is 334 g/mol. The lowest BCUT2D eigenvalue weighted by molar-refractivity contribution is 0.102. The number of amides is 1. The molecule has 2 aromatic heterocycles. The van der Waals surface area contributed by atoms with Gasteiger partial charge in [0.05, 0.1) is 5.56 Å². The van der Waals surface area contributed by atoms with Gasteiger partial charge in [0, 0.05) is 22.2 Å². The number of carbonyl (C=O) groups is 1. The lowest BCUT2D eigenvalue weighted by Gasteiger charge is -2.03. The summed E-state index contributed by atoms with van der Waals surface area (Å²) in [6.07, 6.45) is 1.52. The first-order valence-electron chi connectivity index (χ1n) is 4.49. The second-order valence-corrected chi connectivity index (χ2v) is 5.12. The van der Waals surface area contributed by atoms with Gasteiger partial charge in [-0.15, -0.1) is 0 Å². The fraction of sp³-hybridized carbons (Fsp3) is 0.111. The van der Waals surface area contributed by atoms with Crippen molar-refractivity contribution in [3.8, 4) is 0 Å². The van der Waals surface area contributed by atoms with Gasteiger partial charge < -0.3 is 0 Å². The van der Waals surface area contributed by atoms with Crippen LogP contribution in [0.1, 0.15) is 16.2 Å². The normalized spacial score (nSPS) is 10.3. The van der Waals surface area contributed by atoms with Crippen molar-refractivity contribution in [2.45, 2.75) is 6.92 Å². The number of anilines is 1. The first kappa shape index (κ1) is 12.4. The van der Waals surface area contributed by atoms with Crippen LogP contribution in [0.5, 0.6) is 0 Å². The highest BCUT2D eigenvalue weighted by atomic mass is 79.9. The first-order valence-corrected chi connectivity index (χ1v) is 6.43. The fourth-order valence-electron chi connectivity index (χ4n) is 1.09. The lowest BCUT2D eigenvalue weighted by atomic mass is 10.3. The SMILES string of the molecule is Cc1nsc(NC(=O)c2cc(Br)cnc2Cl)n1. The number of nitrogens with one attached hydrogen (secondary N) is 1. The van der Waals surface area contributed by atoms with Crippen LogP contribution < -0.4 is 5.32 Å². The number of pyridine rings is 1. The van der Waals surface area contributed by atoms with Crippen molar-refractivity contribution in [2.75, 3.05) is 5.32 Å². The Hall–Kier alpha value is -1.05. The maximum Gasteiger partial charge on any atom is 0.260 e. The second kappa shape index (κ2) is 5.07. The van der Waals surface area contributed by atoms with Crippen LogP contribution in [-0.4, -0.2) is 20.2 Å². The van der Waals surface area contributed by atoms with E-state index in [-0.39, 0.29) is 16.6 Å². The summed E-state index contributed by atoms with van der Waals surface area (Å²) < 4.78 is 4.64. The zero-order valence-electron chi connectivity index (χ0n) is 8.57. The molecule has 0 atom stereocenters. The summed E-state index contributed by atoms with van der Waals surface area (Å²) in [5, 5.41) is 3.19. The summed E-state index contributed by atoms with van der Waals surface area (Å²) in [6.45, 7) is 1.75. The molecule has 0 aliphatic rings. The van der Waals surface area contributed by atoms with E-state index in [2.05, 4.69) is 35.6 Å². The topological polar surface area (TPSA) is 67.8 Å². The van der Waals surface area contributed by atoms with E-state index in [1.165, 1.54) is 6.20 Å². The minimum absolute atomic E-state index is 0.145. The molecule has 2 aromatic rings. The molecule has 88 valence electrons. The van der Waals surface area contributed by atoms with E-state index in [9.17, 15) is 4.79 Å². The quantitative estimate of drug-likeness (QED) is 0.858. The number of nitrogens with zero attached hydrogens (tertiary/aromatic N) is 3. The number of aromatic nitrogens is 3. The molecule has 0 spiro atoms. The molecule has 0 aromatic carbocycles. The molecule has 0 saturated heterocycles. The minimum atomic E-state index is -0.361. The van der Waals surface area contributed by atoms with Crippen molar-refractivity contribution < 1.29 is 4.79 Å². The van der Waals surface area contributed by atoms with Crippen molar-refractivity contribution >= 4 is 50.1 Å². The molecular weight excluding hydrogens is 328 g/mol. The average Bonchev–Trinajstić information content (AvgIpc) is 2.67. The zero-order valence-corrected chi connectivity index (χ0v) is 11.7. The molecule has 0 radical (unpaired) electrons. The monoisotopic (exact) mass is 332 g/mol. The van der Waals surface area contributed by atoms with E-state index < -0.39 is 0 Å². The van der Waals surface area contributed by atoms with E-state index >= 15 is 0 Å². The third kappa shape index (κ3) is 2.99. The van der Waals surface area contributed by atoms with Crippen LogP contribution in [0.2, 0.25) is 5.15 Å². The van der Waals surface area contributed by atoms with Crippen LogP contribution in [-0.2, 0) is 0 Å². The van der Waals surface area contributed by atoms with Gasteiger partial charge in [-0.1, -0.05) is 11.6 Å². The molecule has 1 amide bonds. The standard InChI is InChI=1S/C9H6BrClN4OS/c1-4-13-9(17-15-4)14-8(16)6-2-5(10)3-12-7(6)11/h2-3H,1H3,(H,13,14,15,16). The van der Waals surface area contributed by atoms with Gasteiger partial charge in [-0.25, -0.2) is 9.97 Å². The summed E-state index contributed by atoms with van der Waals surface area (Å²) in [6, 6.07) is 1.60. The van der Waals surface area contributed by atoms with Gasteiger partial charge in [0.2, 0.25) is 5.13 Å². The van der Waals surface area contributed by atoms with E-state index in [1.807, 2.05) is 0 Å². The fourth-order valence-corrected chi connectivity index (χ4v) is 2.19. The van der Waals surface area contributed by atoms with Gasteiger partial charge in [-0.2, -0.15) is 4.37 Å². The first-order chi connectivity index (χ1) is 8.06. The molecule has 0 bridgehead atoms. The van der Waals surface area contributed by atoms with Gasteiger partial charge in [-0.05, 0) is 28.9 Å². The van der Waals surface area contributed by atoms with E-state index in [0.717, 1.165) is 11.5 Å². The molecule has 2 heterocycles. The van der Waals surface area contributed by atoms with Crippen LogP contribution in [0, 0.1) is 6.92 Å². The van der Waals surface area contributed by atoms with Gasteiger partial charge >= 0.3 is 0 Å². The van der Waals surface area contributed by atoms with Crippen LogP contribution in [0.25, 0.3) is 0 Å². The van der Waals surface area contributed by atoms with Crippen LogP contribution in [0.3, 0.4) is 0 Å². The maximum absolute atomic E-state index is 11.9. The predicted molar refractivity (Wildman–Crippen MR) is 69.5 cm³/mol. The Morgan fingerprint density at radius 2 is 2.35 bits per heavy atom. The Morgan fingerprint density at radius 3 is 3.00 bits per heavy atom. The van der Waals surface area contributed by atoms with Crippen LogP contribution in [0.15, 0.2) is 16.7 Å². The molecule has 0 unspecified atom stereocenters. The molecule has 8 heteroatoms. The van der Waals surface area contributed by atoms with Gasteiger partial charge in [0.25, 0.3) is 5.91 Å². The third-order valence-electron chi connectivity index (χ3n) is 1.80. The van der Waals surface area contributed by atoms with Crippen molar-refractivity contribution in [3.05, 3.63) is 33.3 Å². The molecule has 0 saturated carbocycles. The van der Waals surface area contributed by atoms with Crippen molar-refractivity contribution in [1.82, 2.24) is 14.3 Å². The molecule has 0 aliphatic carbocycles. The number of hydrogen-bond acceptors (Lipinski definition) is 5. The van der Waals surface area contributed by atoms with Gasteiger partial charge in [0.15, 0.2) is 0 Å². The largest absolute Gasteiger partial charge is 0.296 e. The number of aryl methyl sites for hydroxylation is 1. The van der Waals surface area contributed by atoms with Crippen LogP contribution >= 0.6 is 39.1 Å². The molecule has 17 heavy (non-hydrogen) atoms. The van der Waals surface area contributed by atoms with Crippen LogP contribution in [0.4, 0.5) is 5.13 Å². The van der Waals surface area contributed by atoms with Crippen molar-refractivity contribution in [1.29, 1.82) is 0 Å². The summed E-state index contributed by atoms with van der Waals surface area (Å²) in [4.78, 5) is 19.8. The number of hydrogen-bond donors (Lipinski definition) is 1. The number of rotatable bonds is 2. The highest BCUT2D eigenvalue weighted by molar-refractivity contribution is 9.10. The minimum Gasteiger partial charge on any atom is -0.296 e. The zero-order chi connectivity index (χ0) is 12.4. The molecule has 1 N–H and O–H groups in total. The number of carbonyl (C=O) groups excluding carboxylic acids is 1. The Kier molecular flexibility index (Phi) is 3.70. The molecule has 2 rings (SSSR count). The highest BCUT2D eigenvalue weighted by Gasteiger charge is 2.14. The maximum atomic E-state index is 11.9. The summed E-state index contributed by atoms with van der Waals surface area (Å²) in [5.74, 6) is 0.253. The molecule has 0 fully saturated rings. The predicted octanol–water partition coefficient (Wildman–Crippen LogP) is 2.91. The summed E-state index contributed by atoms with van der Waals surface area (Å²) in [7, 11) is 0. The Morgan fingerprint density at radius 1 is 1.59 bits per heavy atom. The Labute approximate surface area is 115 Å². The van der Waals surface area contributed by atoms with E-state index in [1.54, 1.807) is 13.0 Å². The Balaban J connectivity index is 2.22. The molecular formula is C9H6BrClN4OS. The van der Waals surface area contributed by atoms with E-state index in [4.69, 9.17) is 11.6 Å². The summed E-state index contributed by atoms with van der Waals surface area (Å²) >= 11 is 10.2. The van der Waals surface area contributed by atoms with Crippen molar-refractivity contribution in [2.24, 2.45) is 0 Å².